The van der Waals surface area contributed by atoms with Crippen LogP contribution in [0.2, 0.25) is 0 Å². The largest absolute Gasteiger partial charge is 0.491 e. The van der Waals surface area contributed by atoms with E-state index in [2.05, 4.69) is 0 Å². The lowest BCUT2D eigenvalue weighted by atomic mass is 9.98. The van der Waals surface area contributed by atoms with Crippen molar-refractivity contribution in [3.63, 3.8) is 0 Å². The number of rotatable bonds is 10. The Labute approximate surface area is 258 Å². The molecule has 1 fully saturated rings. The zero-order chi connectivity index (χ0) is 32.8. The second-order valence-electron chi connectivity index (χ2n) is 10.5. The van der Waals surface area contributed by atoms with Crippen molar-refractivity contribution in [2.24, 2.45) is 0 Å². The van der Waals surface area contributed by atoms with Crippen LogP contribution < -0.4 is 14.9 Å². The van der Waals surface area contributed by atoms with Crippen molar-refractivity contribution in [1.82, 2.24) is 0 Å². The Balaban J connectivity index is 1.67. The van der Waals surface area contributed by atoms with Crippen LogP contribution in [0.1, 0.15) is 41.5 Å². The number of carbonyl (C=O) groups is 4. The quantitative estimate of drug-likeness (QED) is 0.237. The van der Waals surface area contributed by atoms with Crippen LogP contribution in [0, 0.1) is 0 Å². The van der Waals surface area contributed by atoms with Crippen molar-refractivity contribution in [2.45, 2.75) is 78.4 Å². The lowest BCUT2D eigenvalue weighted by Gasteiger charge is -2.43. The molecule has 0 radical (unpaired) electrons. The normalized spacial score (nSPS) is 21.1. The van der Waals surface area contributed by atoms with Gasteiger partial charge in [-0.2, -0.15) is 0 Å². The van der Waals surface area contributed by atoms with Crippen LogP contribution in [0.5, 0.6) is 11.5 Å². The molecule has 2 aromatic carbocycles. The van der Waals surface area contributed by atoms with Crippen LogP contribution in [-0.4, -0.2) is 67.3 Å². The molecule has 1 aliphatic heterocycles. The van der Waals surface area contributed by atoms with Crippen LogP contribution in [0.4, 0.5) is 0 Å². The fourth-order valence-electron chi connectivity index (χ4n) is 4.78. The van der Waals surface area contributed by atoms with Gasteiger partial charge in [-0.25, -0.2) is 0 Å². The van der Waals surface area contributed by atoms with E-state index in [-0.39, 0.29) is 28.3 Å². The summed E-state index contributed by atoms with van der Waals surface area (Å²) in [4.78, 5) is 61.0. The average Bonchev–Trinajstić information content (AvgIpc) is 2.95. The van der Waals surface area contributed by atoms with Gasteiger partial charge in [-0.05, 0) is 43.7 Å². The summed E-state index contributed by atoms with van der Waals surface area (Å²) < 4.78 is 44.8. The van der Waals surface area contributed by atoms with Gasteiger partial charge in [0, 0.05) is 33.8 Å². The summed E-state index contributed by atoms with van der Waals surface area (Å²) in [6.45, 7) is 7.98. The second kappa shape index (κ2) is 14.2. The minimum atomic E-state index is -1.44. The summed E-state index contributed by atoms with van der Waals surface area (Å²) >= 11 is 0. The SMILES string of the molecule is CC(=O)OCC1OC(Oc2ccc3c(=O)c(-c4ccc(OC(C)C)cc4)coc3c2)C(OC(C)=O)C(OC(C)=O)C1OC(C)=O. The third-order valence-corrected chi connectivity index (χ3v) is 6.48. The molecule has 1 aliphatic rings. The van der Waals surface area contributed by atoms with E-state index in [0.29, 0.717) is 16.9 Å². The molecule has 0 aliphatic carbocycles. The van der Waals surface area contributed by atoms with Crippen LogP contribution in [0.15, 0.2) is 57.9 Å². The molecule has 0 amide bonds. The molecule has 2 heterocycles. The van der Waals surface area contributed by atoms with E-state index in [9.17, 15) is 24.0 Å². The summed E-state index contributed by atoms with van der Waals surface area (Å²) in [5.41, 5.74) is 0.880. The first kappa shape index (κ1) is 33.0. The fraction of sp³-hybridized carbons (Fsp3) is 0.406. The number of ether oxygens (including phenoxy) is 7. The van der Waals surface area contributed by atoms with E-state index in [4.69, 9.17) is 37.6 Å². The number of hydrogen-bond donors (Lipinski definition) is 0. The van der Waals surface area contributed by atoms with Crippen molar-refractivity contribution in [3.05, 3.63) is 59.0 Å². The molecule has 1 aromatic heterocycles. The molecule has 0 N–H and O–H groups in total. The molecule has 1 saturated heterocycles. The lowest BCUT2D eigenvalue weighted by Crippen LogP contribution is -2.63. The molecule has 0 saturated carbocycles. The third-order valence-electron chi connectivity index (χ3n) is 6.48. The fourth-order valence-corrected chi connectivity index (χ4v) is 4.78. The zero-order valence-corrected chi connectivity index (χ0v) is 25.6. The Bertz CT molecular complexity index is 1610. The van der Waals surface area contributed by atoms with E-state index in [1.54, 1.807) is 24.3 Å². The lowest BCUT2D eigenvalue weighted by molar-refractivity contribution is -0.288. The smallest absolute Gasteiger partial charge is 0.303 e. The van der Waals surface area contributed by atoms with Gasteiger partial charge in [0.1, 0.15) is 36.1 Å². The Hall–Kier alpha value is -4.91. The number of fused-ring (bicyclic) bond motifs is 1. The molecule has 13 nitrogen and oxygen atoms in total. The summed E-state index contributed by atoms with van der Waals surface area (Å²) in [6.07, 6.45) is -5.43. The van der Waals surface area contributed by atoms with Gasteiger partial charge in [-0.1, -0.05) is 12.1 Å². The highest BCUT2D eigenvalue weighted by Gasteiger charge is 2.53. The van der Waals surface area contributed by atoms with E-state index in [0.717, 1.165) is 20.8 Å². The molecule has 3 aromatic rings. The molecular weight excluding hydrogens is 592 g/mol. The van der Waals surface area contributed by atoms with Gasteiger partial charge in [0.15, 0.2) is 17.6 Å². The highest BCUT2D eigenvalue weighted by atomic mass is 16.7. The molecule has 5 atom stereocenters. The van der Waals surface area contributed by atoms with Crippen molar-refractivity contribution in [3.8, 4) is 22.6 Å². The Morgan fingerprint density at radius 2 is 1.38 bits per heavy atom. The van der Waals surface area contributed by atoms with E-state index < -0.39 is 61.2 Å². The average molecular weight is 627 g/mol. The van der Waals surface area contributed by atoms with Gasteiger partial charge >= 0.3 is 23.9 Å². The molecule has 4 rings (SSSR count). The van der Waals surface area contributed by atoms with Crippen LogP contribution in [0.3, 0.4) is 0 Å². The topological polar surface area (TPSA) is 163 Å². The summed E-state index contributed by atoms with van der Waals surface area (Å²) in [6, 6.07) is 11.5. The van der Waals surface area contributed by atoms with Crippen LogP contribution >= 0.6 is 0 Å². The predicted octanol–water partition coefficient (Wildman–Crippen LogP) is 3.71. The first-order valence-corrected chi connectivity index (χ1v) is 14.1. The van der Waals surface area contributed by atoms with Gasteiger partial charge in [0.2, 0.25) is 12.4 Å². The molecule has 0 bridgehead atoms. The third kappa shape index (κ3) is 8.38. The first-order valence-electron chi connectivity index (χ1n) is 14.1. The number of hydrogen-bond acceptors (Lipinski definition) is 13. The predicted molar refractivity (Wildman–Crippen MR) is 156 cm³/mol. The molecule has 45 heavy (non-hydrogen) atoms. The van der Waals surface area contributed by atoms with E-state index in [1.807, 2.05) is 13.8 Å². The van der Waals surface area contributed by atoms with Crippen molar-refractivity contribution < 1.29 is 56.8 Å². The maximum Gasteiger partial charge on any atom is 0.303 e. The van der Waals surface area contributed by atoms with Crippen LogP contribution in [-0.2, 0) is 42.9 Å². The Kier molecular flexibility index (Phi) is 10.4. The number of carbonyl (C=O) groups excluding carboxylic acids is 4. The van der Waals surface area contributed by atoms with Gasteiger partial charge in [-0.15, -0.1) is 0 Å². The summed E-state index contributed by atoms with van der Waals surface area (Å²) in [5.74, 6) is -2.13. The first-order chi connectivity index (χ1) is 21.3. The van der Waals surface area contributed by atoms with Gasteiger partial charge in [0.05, 0.1) is 17.1 Å². The standard InChI is InChI=1S/C32H34O13/c1-16(2)40-22-9-7-21(8-10-22)25-14-39-26-13-23(11-12-24(26)28(25)37)44-32-31(43-20(6)36)30(42-19(5)35)29(41-18(4)34)27(45-32)15-38-17(3)33/h7-14,16,27,29-32H,15H2,1-6H3. The summed E-state index contributed by atoms with van der Waals surface area (Å²) in [5, 5.41) is 0.268. The number of esters is 4. The molecule has 13 heteroatoms. The second-order valence-corrected chi connectivity index (χ2v) is 10.5. The van der Waals surface area contributed by atoms with Crippen molar-refractivity contribution >= 4 is 34.8 Å². The van der Waals surface area contributed by atoms with Gasteiger partial charge in [0.25, 0.3) is 0 Å². The van der Waals surface area contributed by atoms with Crippen LogP contribution in [0.25, 0.3) is 22.1 Å². The van der Waals surface area contributed by atoms with Crippen molar-refractivity contribution in [1.29, 1.82) is 0 Å². The van der Waals surface area contributed by atoms with E-state index in [1.165, 1.54) is 31.4 Å². The zero-order valence-electron chi connectivity index (χ0n) is 25.6. The summed E-state index contributed by atoms with van der Waals surface area (Å²) in [7, 11) is 0. The molecule has 5 unspecified atom stereocenters. The molecule has 240 valence electrons. The molecule has 0 spiro atoms. The van der Waals surface area contributed by atoms with Gasteiger partial charge in [-0.3, -0.25) is 24.0 Å². The highest BCUT2D eigenvalue weighted by Crippen LogP contribution is 2.32. The van der Waals surface area contributed by atoms with Gasteiger partial charge < -0.3 is 37.6 Å². The maximum absolute atomic E-state index is 13.4. The Morgan fingerprint density at radius 1 is 0.778 bits per heavy atom. The Morgan fingerprint density at radius 3 is 1.98 bits per heavy atom. The van der Waals surface area contributed by atoms with Crippen molar-refractivity contribution in [2.75, 3.05) is 6.61 Å². The molecular formula is C32H34O13. The van der Waals surface area contributed by atoms with E-state index >= 15 is 0 Å². The minimum absolute atomic E-state index is 0.00364. The monoisotopic (exact) mass is 626 g/mol. The number of benzene rings is 2. The maximum atomic E-state index is 13.4. The minimum Gasteiger partial charge on any atom is -0.491 e. The highest BCUT2D eigenvalue weighted by molar-refractivity contribution is 5.82.